The smallest absolute Gasteiger partial charge is 0.0656 e. The molecule has 1 heterocycles. The van der Waals surface area contributed by atoms with E-state index in [1.165, 1.54) is 0 Å². The minimum Gasteiger partial charge on any atom is -0.383 e. The number of aryl methyl sites for hydroxylation is 1. The minimum atomic E-state index is -0.0660. The van der Waals surface area contributed by atoms with Gasteiger partial charge in [-0.15, -0.1) is 0 Å². The van der Waals surface area contributed by atoms with E-state index in [-0.39, 0.29) is 6.04 Å². The number of pyridine rings is 1. The lowest BCUT2D eigenvalue weighted by Crippen LogP contribution is -2.17. The fraction of sp³-hybridized carbons (Fsp3) is 0.444. The number of nitrogens with two attached hydrogens (primary N) is 1. The Bertz CT molecular complexity index is 250. The van der Waals surface area contributed by atoms with E-state index in [9.17, 15) is 0 Å². The largest absolute Gasteiger partial charge is 0.383 e. The first-order valence-corrected chi connectivity index (χ1v) is 3.91. The zero-order chi connectivity index (χ0) is 8.97. The van der Waals surface area contributed by atoms with E-state index in [2.05, 4.69) is 4.98 Å². The van der Waals surface area contributed by atoms with Crippen molar-refractivity contribution in [2.24, 2.45) is 5.73 Å². The number of hydrogen-bond acceptors (Lipinski definition) is 3. The third kappa shape index (κ3) is 2.03. The molecule has 0 aliphatic rings. The van der Waals surface area contributed by atoms with Crippen LogP contribution < -0.4 is 5.73 Å². The predicted octanol–water partition coefficient (Wildman–Crippen LogP) is 1.04. The molecule has 1 rings (SSSR count). The fourth-order valence-corrected chi connectivity index (χ4v) is 1.16. The van der Waals surface area contributed by atoms with E-state index in [1.807, 2.05) is 19.1 Å². The summed E-state index contributed by atoms with van der Waals surface area (Å²) in [4.78, 5) is 4.15. The van der Waals surface area contributed by atoms with Crippen molar-refractivity contribution >= 4 is 0 Å². The molecule has 0 saturated carbocycles. The van der Waals surface area contributed by atoms with Gasteiger partial charge in [-0.3, -0.25) is 4.98 Å². The molecule has 0 spiro atoms. The second kappa shape index (κ2) is 4.18. The van der Waals surface area contributed by atoms with Gasteiger partial charge in [0.15, 0.2) is 0 Å². The highest BCUT2D eigenvalue weighted by Gasteiger charge is 2.07. The van der Waals surface area contributed by atoms with Crippen molar-refractivity contribution in [3.8, 4) is 0 Å². The molecule has 0 aliphatic heterocycles. The summed E-state index contributed by atoms with van der Waals surface area (Å²) in [5, 5.41) is 0. The molecule has 3 nitrogen and oxygen atoms in total. The molecule has 1 unspecified atom stereocenters. The highest BCUT2D eigenvalue weighted by molar-refractivity contribution is 5.21. The van der Waals surface area contributed by atoms with E-state index in [0.29, 0.717) is 6.61 Å². The summed E-state index contributed by atoms with van der Waals surface area (Å²) < 4.78 is 4.96. The fourth-order valence-electron chi connectivity index (χ4n) is 1.16. The Morgan fingerprint density at radius 1 is 1.67 bits per heavy atom. The molecule has 1 aromatic rings. The van der Waals surface area contributed by atoms with Crippen molar-refractivity contribution in [2.45, 2.75) is 13.0 Å². The summed E-state index contributed by atoms with van der Waals surface area (Å²) in [5.74, 6) is 0. The molecular weight excluding hydrogens is 152 g/mol. The molecule has 1 aromatic heterocycles. The molecular formula is C9H14N2O. The van der Waals surface area contributed by atoms with Crippen LogP contribution in [0.25, 0.3) is 0 Å². The van der Waals surface area contributed by atoms with Crippen molar-refractivity contribution < 1.29 is 4.74 Å². The molecule has 0 bridgehead atoms. The highest BCUT2D eigenvalue weighted by atomic mass is 16.5. The number of nitrogens with zero attached hydrogens (tertiary/aromatic N) is 1. The third-order valence-corrected chi connectivity index (χ3v) is 1.79. The van der Waals surface area contributed by atoms with Crippen LogP contribution in [0.3, 0.4) is 0 Å². The zero-order valence-corrected chi connectivity index (χ0v) is 7.45. The van der Waals surface area contributed by atoms with Crippen molar-refractivity contribution in [3.05, 3.63) is 29.6 Å². The summed E-state index contributed by atoms with van der Waals surface area (Å²) in [5.41, 5.74) is 7.87. The van der Waals surface area contributed by atoms with Gasteiger partial charge in [-0.1, -0.05) is 6.07 Å². The van der Waals surface area contributed by atoms with Crippen LogP contribution in [0.2, 0.25) is 0 Å². The lowest BCUT2D eigenvalue weighted by atomic mass is 10.1. The van der Waals surface area contributed by atoms with E-state index < -0.39 is 0 Å². The first-order valence-electron chi connectivity index (χ1n) is 3.91. The second-order valence-electron chi connectivity index (χ2n) is 2.74. The summed E-state index contributed by atoms with van der Waals surface area (Å²) in [6.07, 6.45) is 1.76. The van der Waals surface area contributed by atoms with Crippen LogP contribution in [0.5, 0.6) is 0 Å². The Labute approximate surface area is 72.6 Å². The van der Waals surface area contributed by atoms with E-state index in [4.69, 9.17) is 10.5 Å². The Hall–Kier alpha value is -0.930. The molecule has 0 aliphatic carbocycles. The van der Waals surface area contributed by atoms with Gasteiger partial charge in [0.1, 0.15) is 0 Å². The Morgan fingerprint density at radius 3 is 3.00 bits per heavy atom. The summed E-state index contributed by atoms with van der Waals surface area (Å²) in [6, 6.07) is 3.80. The first-order chi connectivity index (χ1) is 5.75. The number of ether oxygens (including phenoxy) is 1. The van der Waals surface area contributed by atoms with Gasteiger partial charge in [-0.2, -0.15) is 0 Å². The van der Waals surface area contributed by atoms with Crippen LogP contribution in [0.15, 0.2) is 18.3 Å². The van der Waals surface area contributed by atoms with Crippen LogP contribution in [-0.2, 0) is 4.74 Å². The van der Waals surface area contributed by atoms with Crippen LogP contribution in [0.1, 0.15) is 17.3 Å². The Kier molecular flexibility index (Phi) is 3.19. The maximum absolute atomic E-state index is 5.84. The molecule has 66 valence electrons. The van der Waals surface area contributed by atoms with Crippen LogP contribution in [0, 0.1) is 6.92 Å². The van der Waals surface area contributed by atoms with Crippen molar-refractivity contribution in [3.63, 3.8) is 0 Å². The first kappa shape index (κ1) is 9.16. The predicted molar refractivity (Wildman–Crippen MR) is 47.8 cm³/mol. The highest BCUT2D eigenvalue weighted by Crippen LogP contribution is 2.12. The molecule has 2 N–H and O–H groups in total. The number of aromatic nitrogens is 1. The zero-order valence-electron chi connectivity index (χ0n) is 7.45. The van der Waals surface area contributed by atoms with Crippen molar-refractivity contribution in [1.29, 1.82) is 0 Å². The SMILES string of the molecule is COCC(N)c1cccnc1C. The van der Waals surface area contributed by atoms with Crippen molar-refractivity contribution in [2.75, 3.05) is 13.7 Å². The Balaban J connectivity index is 2.79. The topological polar surface area (TPSA) is 48.1 Å². The van der Waals surface area contributed by atoms with Crippen LogP contribution in [-0.4, -0.2) is 18.7 Å². The van der Waals surface area contributed by atoms with Gasteiger partial charge in [0, 0.05) is 19.0 Å². The monoisotopic (exact) mass is 166 g/mol. The van der Waals surface area contributed by atoms with E-state index in [0.717, 1.165) is 11.3 Å². The number of rotatable bonds is 3. The maximum atomic E-state index is 5.84. The van der Waals surface area contributed by atoms with E-state index in [1.54, 1.807) is 13.3 Å². The third-order valence-electron chi connectivity index (χ3n) is 1.79. The van der Waals surface area contributed by atoms with Crippen LogP contribution >= 0.6 is 0 Å². The summed E-state index contributed by atoms with van der Waals surface area (Å²) >= 11 is 0. The molecule has 3 heteroatoms. The molecule has 0 radical (unpaired) electrons. The maximum Gasteiger partial charge on any atom is 0.0656 e. The molecule has 0 fully saturated rings. The molecule has 0 aromatic carbocycles. The van der Waals surface area contributed by atoms with Gasteiger partial charge in [0.25, 0.3) is 0 Å². The Morgan fingerprint density at radius 2 is 2.42 bits per heavy atom. The van der Waals surface area contributed by atoms with Gasteiger partial charge in [-0.25, -0.2) is 0 Å². The molecule has 1 atom stereocenters. The normalized spacial score (nSPS) is 12.9. The van der Waals surface area contributed by atoms with E-state index >= 15 is 0 Å². The van der Waals surface area contributed by atoms with Gasteiger partial charge in [0.2, 0.25) is 0 Å². The van der Waals surface area contributed by atoms with Crippen molar-refractivity contribution in [1.82, 2.24) is 4.98 Å². The van der Waals surface area contributed by atoms with Gasteiger partial charge in [0.05, 0.1) is 12.6 Å². The average molecular weight is 166 g/mol. The summed E-state index contributed by atoms with van der Waals surface area (Å²) in [7, 11) is 1.64. The lowest BCUT2D eigenvalue weighted by Gasteiger charge is -2.12. The molecule has 0 saturated heterocycles. The second-order valence-corrected chi connectivity index (χ2v) is 2.74. The lowest BCUT2D eigenvalue weighted by molar-refractivity contribution is 0.180. The number of methoxy groups -OCH3 is 1. The van der Waals surface area contributed by atoms with Gasteiger partial charge >= 0.3 is 0 Å². The number of hydrogen-bond donors (Lipinski definition) is 1. The quantitative estimate of drug-likeness (QED) is 0.729. The minimum absolute atomic E-state index is 0.0660. The van der Waals surface area contributed by atoms with Gasteiger partial charge in [-0.05, 0) is 18.6 Å². The van der Waals surface area contributed by atoms with Gasteiger partial charge < -0.3 is 10.5 Å². The molecule has 0 amide bonds. The standard InChI is InChI=1S/C9H14N2O/c1-7-8(4-3-5-11-7)9(10)6-12-2/h3-5,9H,6,10H2,1-2H3. The average Bonchev–Trinajstić information content (AvgIpc) is 2.05. The molecule has 12 heavy (non-hydrogen) atoms. The summed E-state index contributed by atoms with van der Waals surface area (Å²) in [6.45, 7) is 2.48. The van der Waals surface area contributed by atoms with Crippen LogP contribution in [0.4, 0.5) is 0 Å².